The highest BCUT2D eigenvalue weighted by atomic mass is 35.5. The van der Waals surface area contributed by atoms with Crippen molar-refractivity contribution in [2.24, 2.45) is 11.1 Å². The molecule has 2 rings (SSSR count). The molecule has 0 radical (unpaired) electrons. The summed E-state index contributed by atoms with van der Waals surface area (Å²) in [5, 5.41) is 0. The van der Waals surface area contributed by atoms with Gasteiger partial charge in [0.2, 0.25) is 0 Å². The molecule has 0 saturated carbocycles. The van der Waals surface area contributed by atoms with Crippen LogP contribution >= 0.6 is 12.4 Å². The lowest BCUT2D eigenvalue weighted by Crippen LogP contribution is -2.36. The van der Waals surface area contributed by atoms with Gasteiger partial charge in [0, 0.05) is 13.1 Å². The molecule has 0 aromatic heterocycles. The Kier molecular flexibility index (Phi) is 6.05. The SMILES string of the molecule is Cc1ccc(OCC(=O)N2CCC(C)(CN)C2)c(C)c1.Cl. The first-order chi connectivity index (χ1) is 9.43. The second-order valence-electron chi connectivity index (χ2n) is 6.14. The van der Waals surface area contributed by atoms with Gasteiger partial charge in [0.05, 0.1) is 0 Å². The number of halogens is 1. The van der Waals surface area contributed by atoms with E-state index in [9.17, 15) is 4.79 Å². The highest BCUT2D eigenvalue weighted by Crippen LogP contribution is 2.28. The number of likely N-dealkylation sites (tertiary alicyclic amines) is 1. The molecule has 1 atom stereocenters. The molecule has 0 aliphatic carbocycles. The molecule has 5 heteroatoms. The van der Waals surface area contributed by atoms with E-state index < -0.39 is 0 Å². The van der Waals surface area contributed by atoms with Crippen LogP contribution in [0.4, 0.5) is 0 Å². The number of carbonyl (C=O) groups is 1. The number of rotatable bonds is 4. The molecular formula is C16H25ClN2O2. The Balaban J connectivity index is 0.00000220. The van der Waals surface area contributed by atoms with E-state index in [-0.39, 0.29) is 30.3 Å². The van der Waals surface area contributed by atoms with E-state index in [4.69, 9.17) is 10.5 Å². The Morgan fingerprint density at radius 3 is 2.71 bits per heavy atom. The third-order valence-corrected chi connectivity index (χ3v) is 4.08. The van der Waals surface area contributed by atoms with Crippen molar-refractivity contribution in [1.82, 2.24) is 4.90 Å². The summed E-state index contributed by atoms with van der Waals surface area (Å²) in [6, 6.07) is 5.97. The number of hydrogen-bond acceptors (Lipinski definition) is 3. The number of ether oxygens (including phenoxy) is 1. The molecule has 0 bridgehead atoms. The molecule has 21 heavy (non-hydrogen) atoms. The van der Waals surface area contributed by atoms with Gasteiger partial charge in [-0.2, -0.15) is 0 Å². The molecule has 2 N–H and O–H groups in total. The summed E-state index contributed by atoms with van der Waals surface area (Å²) < 4.78 is 5.65. The van der Waals surface area contributed by atoms with Crippen LogP contribution in [0.1, 0.15) is 24.5 Å². The minimum Gasteiger partial charge on any atom is -0.484 e. The standard InChI is InChI=1S/C16H24N2O2.ClH/c1-12-4-5-14(13(2)8-12)20-9-15(19)18-7-6-16(3,10-17)11-18;/h4-5,8H,6-7,9-11,17H2,1-3H3;1H. The number of amides is 1. The number of benzene rings is 1. The highest BCUT2D eigenvalue weighted by molar-refractivity contribution is 5.85. The summed E-state index contributed by atoms with van der Waals surface area (Å²) in [6.45, 7) is 8.40. The van der Waals surface area contributed by atoms with E-state index in [0.29, 0.717) is 6.54 Å². The van der Waals surface area contributed by atoms with Crippen molar-refractivity contribution in [2.75, 3.05) is 26.2 Å². The Bertz CT molecular complexity index is 507. The van der Waals surface area contributed by atoms with Crippen LogP contribution < -0.4 is 10.5 Å². The second-order valence-corrected chi connectivity index (χ2v) is 6.14. The van der Waals surface area contributed by atoms with Gasteiger partial charge in [-0.05, 0) is 43.9 Å². The Hall–Kier alpha value is -1.26. The normalized spacial score (nSPS) is 21.0. The summed E-state index contributed by atoms with van der Waals surface area (Å²) in [5.74, 6) is 0.826. The zero-order chi connectivity index (χ0) is 14.8. The molecule has 1 unspecified atom stereocenters. The lowest BCUT2D eigenvalue weighted by atomic mass is 9.90. The van der Waals surface area contributed by atoms with Crippen LogP contribution in [-0.2, 0) is 4.79 Å². The second kappa shape index (κ2) is 7.14. The molecule has 0 spiro atoms. The van der Waals surface area contributed by atoms with E-state index in [0.717, 1.165) is 30.8 Å². The molecular weight excluding hydrogens is 288 g/mol. The third kappa shape index (κ3) is 4.35. The number of nitrogens with zero attached hydrogens (tertiary/aromatic N) is 1. The van der Waals surface area contributed by atoms with Crippen molar-refractivity contribution in [3.05, 3.63) is 29.3 Å². The quantitative estimate of drug-likeness (QED) is 0.928. The molecule has 1 aromatic carbocycles. The summed E-state index contributed by atoms with van der Waals surface area (Å²) in [5.41, 5.74) is 8.08. The van der Waals surface area contributed by atoms with Crippen molar-refractivity contribution in [3.8, 4) is 5.75 Å². The van der Waals surface area contributed by atoms with Crippen LogP contribution in [0, 0.1) is 19.3 Å². The van der Waals surface area contributed by atoms with Gasteiger partial charge in [0.15, 0.2) is 6.61 Å². The lowest BCUT2D eigenvalue weighted by molar-refractivity contribution is -0.132. The molecule has 1 saturated heterocycles. The largest absolute Gasteiger partial charge is 0.484 e. The van der Waals surface area contributed by atoms with E-state index >= 15 is 0 Å². The summed E-state index contributed by atoms with van der Waals surface area (Å²) in [7, 11) is 0. The Labute approximate surface area is 133 Å². The van der Waals surface area contributed by atoms with Crippen LogP contribution in [0.2, 0.25) is 0 Å². The molecule has 1 aliphatic rings. The van der Waals surface area contributed by atoms with E-state index in [1.807, 2.05) is 30.9 Å². The van der Waals surface area contributed by atoms with Gasteiger partial charge in [0.25, 0.3) is 5.91 Å². The minimum atomic E-state index is 0. The molecule has 118 valence electrons. The zero-order valence-corrected chi connectivity index (χ0v) is 13.8. The van der Waals surface area contributed by atoms with Crippen molar-refractivity contribution in [3.63, 3.8) is 0 Å². The van der Waals surface area contributed by atoms with Crippen LogP contribution in [0.15, 0.2) is 18.2 Å². The summed E-state index contributed by atoms with van der Waals surface area (Å²) in [4.78, 5) is 14.0. The third-order valence-electron chi connectivity index (χ3n) is 4.08. The van der Waals surface area contributed by atoms with Gasteiger partial charge >= 0.3 is 0 Å². The van der Waals surface area contributed by atoms with Crippen LogP contribution in [0.3, 0.4) is 0 Å². The first-order valence-electron chi connectivity index (χ1n) is 7.11. The summed E-state index contributed by atoms with van der Waals surface area (Å²) in [6.07, 6.45) is 0.971. The van der Waals surface area contributed by atoms with E-state index in [1.54, 1.807) is 0 Å². The van der Waals surface area contributed by atoms with Gasteiger partial charge in [-0.1, -0.05) is 24.6 Å². The van der Waals surface area contributed by atoms with Crippen molar-refractivity contribution < 1.29 is 9.53 Å². The zero-order valence-electron chi connectivity index (χ0n) is 13.0. The average Bonchev–Trinajstić information content (AvgIpc) is 2.81. The fourth-order valence-corrected chi connectivity index (χ4v) is 2.60. The molecule has 4 nitrogen and oxygen atoms in total. The smallest absolute Gasteiger partial charge is 0.260 e. The van der Waals surface area contributed by atoms with Gasteiger partial charge in [0.1, 0.15) is 5.75 Å². The first-order valence-corrected chi connectivity index (χ1v) is 7.11. The molecule has 1 heterocycles. The number of hydrogen-bond donors (Lipinski definition) is 1. The molecule has 1 aliphatic heterocycles. The van der Waals surface area contributed by atoms with Gasteiger partial charge < -0.3 is 15.4 Å². The van der Waals surface area contributed by atoms with Crippen molar-refractivity contribution >= 4 is 18.3 Å². The van der Waals surface area contributed by atoms with Crippen LogP contribution in [0.25, 0.3) is 0 Å². The maximum Gasteiger partial charge on any atom is 0.260 e. The predicted octanol–water partition coefficient (Wildman–Crippen LogP) is 2.30. The fourth-order valence-electron chi connectivity index (χ4n) is 2.60. The average molecular weight is 313 g/mol. The molecule has 1 fully saturated rings. The minimum absolute atomic E-state index is 0. The van der Waals surface area contributed by atoms with Gasteiger partial charge in [-0.15, -0.1) is 12.4 Å². The van der Waals surface area contributed by atoms with E-state index in [2.05, 4.69) is 13.0 Å². The number of carbonyl (C=O) groups excluding carboxylic acids is 1. The van der Waals surface area contributed by atoms with Crippen LogP contribution in [-0.4, -0.2) is 37.0 Å². The fraction of sp³-hybridized carbons (Fsp3) is 0.562. The van der Waals surface area contributed by atoms with Crippen LogP contribution in [0.5, 0.6) is 5.75 Å². The number of nitrogens with two attached hydrogens (primary N) is 1. The first kappa shape index (κ1) is 17.8. The Morgan fingerprint density at radius 1 is 1.43 bits per heavy atom. The predicted molar refractivity (Wildman–Crippen MR) is 87.0 cm³/mol. The maximum atomic E-state index is 12.2. The topological polar surface area (TPSA) is 55.6 Å². The summed E-state index contributed by atoms with van der Waals surface area (Å²) >= 11 is 0. The van der Waals surface area contributed by atoms with Crippen molar-refractivity contribution in [1.29, 1.82) is 0 Å². The van der Waals surface area contributed by atoms with Gasteiger partial charge in [-0.25, -0.2) is 0 Å². The molecule has 1 aromatic rings. The van der Waals surface area contributed by atoms with Gasteiger partial charge in [-0.3, -0.25) is 4.79 Å². The maximum absolute atomic E-state index is 12.2. The lowest BCUT2D eigenvalue weighted by Gasteiger charge is -2.22. The van der Waals surface area contributed by atoms with Crippen molar-refractivity contribution in [2.45, 2.75) is 27.2 Å². The Morgan fingerprint density at radius 2 is 2.14 bits per heavy atom. The highest BCUT2D eigenvalue weighted by Gasteiger charge is 2.34. The van der Waals surface area contributed by atoms with E-state index in [1.165, 1.54) is 5.56 Å². The monoisotopic (exact) mass is 312 g/mol. The number of aryl methyl sites for hydroxylation is 2. The molecule has 1 amide bonds.